The number of hydrogen-bond acceptors (Lipinski definition) is 4. The van der Waals surface area contributed by atoms with Crippen LogP contribution in [0.5, 0.6) is 5.75 Å². The monoisotopic (exact) mass is 366 g/mol. The Hall–Kier alpha value is -3.35. The van der Waals surface area contributed by atoms with Gasteiger partial charge in [-0.15, -0.1) is 0 Å². The number of para-hydroxylation sites is 3. The van der Waals surface area contributed by atoms with Crippen molar-refractivity contribution in [3.05, 3.63) is 59.9 Å². The molecule has 3 N–H and O–H groups in total. The maximum Gasteiger partial charge on any atom is 0.276 e. The molecule has 140 valence electrons. The molecule has 0 radical (unpaired) electrons. The third-order valence-corrected chi connectivity index (χ3v) is 4.01. The minimum Gasteiger partial charge on any atom is -0.483 e. The van der Waals surface area contributed by atoms with Gasteiger partial charge >= 0.3 is 0 Å². The van der Waals surface area contributed by atoms with Crippen molar-refractivity contribution in [1.29, 1.82) is 0 Å². The fraction of sp³-hybridized carbons (Fsp3) is 0.250. The molecule has 3 aromatic rings. The number of ether oxygens (including phenoxy) is 1. The first-order chi connectivity index (χ1) is 13.0. The van der Waals surface area contributed by atoms with Crippen molar-refractivity contribution < 1.29 is 14.3 Å². The average molecular weight is 366 g/mol. The van der Waals surface area contributed by atoms with Crippen LogP contribution in [0.2, 0.25) is 0 Å². The smallest absolute Gasteiger partial charge is 0.276 e. The molecule has 0 unspecified atom stereocenters. The minimum absolute atomic E-state index is 0.0337. The van der Waals surface area contributed by atoms with Crippen molar-refractivity contribution in [2.24, 2.45) is 0 Å². The standard InChI is InChI=1S/C20H22N4O3/c1-13(2)14-7-3-6-10-17(14)27-12-20(26)24-23-19(25)11-18-21-15-8-4-5-9-16(15)22-18/h3-10,13H,11-12H2,1-2H3,(H,21,22)(H,23,25)(H,24,26). The van der Waals surface area contributed by atoms with Crippen molar-refractivity contribution in [2.75, 3.05) is 6.61 Å². The van der Waals surface area contributed by atoms with E-state index in [-0.39, 0.29) is 24.9 Å². The van der Waals surface area contributed by atoms with Gasteiger partial charge in [-0.3, -0.25) is 20.4 Å². The lowest BCUT2D eigenvalue weighted by atomic mass is 10.0. The number of rotatable bonds is 6. The van der Waals surface area contributed by atoms with E-state index in [1.54, 1.807) is 0 Å². The number of imidazole rings is 1. The topological polar surface area (TPSA) is 96.1 Å². The summed E-state index contributed by atoms with van der Waals surface area (Å²) in [5.74, 6) is 0.672. The van der Waals surface area contributed by atoms with Crippen LogP contribution in [0.4, 0.5) is 0 Å². The lowest BCUT2D eigenvalue weighted by molar-refractivity contribution is -0.129. The highest BCUT2D eigenvalue weighted by atomic mass is 16.5. The number of aromatic amines is 1. The van der Waals surface area contributed by atoms with Crippen molar-refractivity contribution in [3.8, 4) is 5.75 Å². The second kappa shape index (κ2) is 8.35. The van der Waals surface area contributed by atoms with Gasteiger partial charge < -0.3 is 9.72 Å². The number of aromatic nitrogens is 2. The predicted octanol–water partition coefficient (Wildman–Crippen LogP) is 2.46. The molecule has 0 aliphatic carbocycles. The fourth-order valence-corrected chi connectivity index (χ4v) is 2.69. The first-order valence-corrected chi connectivity index (χ1v) is 8.76. The summed E-state index contributed by atoms with van der Waals surface area (Å²) in [6.45, 7) is 3.93. The molecule has 1 aromatic heterocycles. The van der Waals surface area contributed by atoms with Gasteiger partial charge in [-0.05, 0) is 29.7 Å². The van der Waals surface area contributed by atoms with Crippen LogP contribution < -0.4 is 15.6 Å². The first-order valence-electron chi connectivity index (χ1n) is 8.76. The van der Waals surface area contributed by atoms with Crippen LogP contribution in [-0.4, -0.2) is 28.4 Å². The molecule has 1 heterocycles. The zero-order chi connectivity index (χ0) is 19.2. The number of carbonyl (C=O) groups is 2. The zero-order valence-electron chi connectivity index (χ0n) is 15.3. The van der Waals surface area contributed by atoms with Crippen LogP contribution in [0.1, 0.15) is 31.2 Å². The summed E-state index contributed by atoms with van der Waals surface area (Å²) in [6, 6.07) is 15.1. The van der Waals surface area contributed by atoms with Crippen molar-refractivity contribution in [2.45, 2.75) is 26.2 Å². The summed E-state index contributed by atoms with van der Waals surface area (Å²) in [7, 11) is 0. The lowest BCUT2D eigenvalue weighted by Gasteiger charge is -2.13. The maximum atomic E-state index is 12.0. The van der Waals surface area contributed by atoms with E-state index in [1.165, 1.54) is 0 Å². The number of nitrogens with one attached hydrogen (secondary N) is 3. The summed E-state index contributed by atoms with van der Waals surface area (Å²) >= 11 is 0. The maximum absolute atomic E-state index is 12.0. The number of hydrogen-bond donors (Lipinski definition) is 3. The van der Waals surface area contributed by atoms with Gasteiger partial charge in [0.05, 0.1) is 17.5 Å². The fourth-order valence-electron chi connectivity index (χ4n) is 2.69. The van der Waals surface area contributed by atoms with Crippen LogP contribution >= 0.6 is 0 Å². The first kappa shape index (κ1) is 18.4. The summed E-state index contributed by atoms with van der Waals surface area (Å²) < 4.78 is 5.57. The van der Waals surface area contributed by atoms with Gasteiger partial charge in [0.2, 0.25) is 5.91 Å². The van der Waals surface area contributed by atoms with Crippen molar-refractivity contribution >= 4 is 22.8 Å². The van der Waals surface area contributed by atoms with E-state index in [9.17, 15) is 9.59 Å². The zero-order valence-corrected chi connectivity index (χ0v) is 15.3. The molecule has 0 aliphatic heterocycles. The van der Waals surface area contributed by atoms with Gasteiger partial charge in [-0.1, -0.05) is 44.2 Å². The Kier molecular flexibility index (Phi) is 5.71. The normalized spacial score (nSPS) is 10.8. The molecular weight excluding hydrogens is 344 g/mol. The molecule has 0 spiro atoms. The summed E-state index contributed by atoms with van der Waals surface area (Å²) in [4.78, 5) is 31.3. The lowest BCUT2D eigenvalue weighted by Crippen LogP contribution is -2.44. The number of H-pyrrole nitrogens is 1. The second-order valence-electron chi connectivity index (χ2n) is 6.45. The Bertz CT molecular complexity index is 916. The van der Waals surface area contributed by atoms with Crippen molar-refractivity contribution in [1.82, 2.24) is 20.8 Å². The van der Waals surface area contributed by atoms with Gasteiger partial charge in [0.1, 0.15) is 11.6 Å². The number of nitrogens with zero attached hydrogens (tertiary/aromatic N) is 1. The van der Waals surface area contributed by atoms with Gasteiger partial charge in [0.25, 0.3) is 5.91 Å². The molecule has 2 aromatic carbocycles. The van der Waals surface area contributed by atoms with Gasteiger partial charge in [0.15, 0.2) is 6.61 Å². The van der Waals surface area contributed by atoms with Crippen molar-refractivity contribution in [3.63, 3.8) is 0 Å². The van der Waals surface area contributed by atoms with E-state index in [0.29, 0.717) is 11.6 Å². The molecule has 3 rings (SSSR count). The number of benzene rings is 2. The van der Waals surface area contributed by atoms with E-state index >= 15 is 0 Å². The van der Waals surface area contributed by atoms with E-state index in [1.807, 2.05) is 48.5 Å². The van der Waals surface area contributed by atoms with Gasteiger partial charge in [0, 0.05) is 0 Å². The molecule has 0 atom stereocenters. The van der Waals surface area contributed by atoms with Crippen LogP contribution in [0, 0.1) is 0 Å². The Balaban J connectivity index is 1.47. The second-order valence-corrected chi connectivity index (χ2v) is 6.45. The number of amides is 2. The summed E-state index contributed by atoms with van der Waals surface area (Å²) in [5, 5.41) is 0. The van der Waals surface area contributed by atoms with Gasteiger partial charge in [-0.2, -0.15) is 0 Å². The molecule has 0 fully saturated rings. The minimum atomic E-state index is -0.438. The van der Waals surface area contributed by atoms with Crippen LogP contribution in [0.25, 0.3) is 11.0 Å². The molecule has 0 saturated carbocycles. The Morgan fingerprint density at radius 2 is 1.74 bits per heavy atom. The van der Waals surface area contributed by atoms with Crippen LogP contribution in [0.15, 0.2) is 48.5 Å². The number of fused-ring (bicyclic) bond motifs is 1. The molecule has 2 amide bonds. The van der Waals surface area contributed by atoms with Crippen LogP contribution in [-0.2, 0) is 16.0 Å². The Labute approximate surface area is 157 Å². The van der Waals surface area contributed by atoms with Crippen LogP contribution in [0.3, 0.4) is 0 Å². The molecule has 7 nitrogen and oxygen atoms in total. The molecule has 0 aliphatic rings. The number of hydrazine groups is 1. The highest BCUT2D eigenvalue weighted by molar-refractivity contribution is 5.84. The number of carbonyl (C=O) groups excluding carboxylic acids is 2. The molecule has 27 heavy (non-hydrogen) atoms. The molecule has 0 bridgehead atoms. The van der Waals surface area contributed by atoms with Gasteiger partial charge in [-0.25, -0.2) is 4.98 Å². The summed E-state index contributed by atoms with van der Waals surface area (Å²) in [6.07, 6.45) is 0.0337. The summed E-state index contributed by atoms with van der Waals surface area (Å²) in [5.41, 5.74) is 7.40. The Morgan fingerprint density at radius 1 is 1.04 bits per heavy atom. The Morgan fingerprint density at radius 3 is 2.52 bits per heavy atom. The largest absolute Gasteiger partial charge is 0.483 e. The average Bonchev–Trinajstić information content (AvgIpc) is 3.07. The van der Waals surface area contributed by atoms with E-state index < -0.39 is 5.91 Å². The molecule has 0 saturated heterocycles. The third kappa shape index (κ3) is 4.84. The SMILES string of the molecule is CC(C)c1ccccc1OCC(=O)NNC(=O)Cc1nc2ccccc2[nH]1. The van der Waals surface area contributed by atoms with E-state index in [4.69, 9.17) is 4.74 Å². The highest BCUT2D eigenvalue weighted by Crippen LogP contribution is 2.25. The third-order valence-electron chi connectivity index (χ3n) is 4.01. The predicted molar refractivity (Wildman–Crippen MR) is 102 cm³/mol. The molecular formula is C20H22N4O3. The molecule has 7 heteroatoms. The quantitative estimate of drug-likeness (QED) is 0.584. The van der Waals surface area contributed by atoms with E-state index in [2.05, 4.69) is 34.7 Å². The highest BCUT2D eigenvalue weighted by Gasteiger charge is 2.11. The van der Waals surface area contributed by atoms with E-state index in [0.717, 1.165) is 16.6 Å².